The van der Waals surface area contributed by atoms with E-state index in [4.69, 9.17) is 4.74 Å². The van der Waals surface area contributed by atoms with Crippen LogP contribution in [0.15, 0.2) is 60.9 Å². The van der Waals surface area contributed by atoms with Gasteiger partial charge < -0.3 is 14.2 Å². The number of carbonyl (C=O) groups is 1. The lowest BCUT2D eigenvalue weighted by molar-refractivity contribution is 0.0595. The SMILES string of the molecule is O=C(c1ccc(-n2cccc2)cc1)N1CCC(Oc2nc3c(F)cc(F)cc3s2)CC1. The fraction of sp³-hybridized carbons (Fsp3) is 0.217. The molecule has 1 saturated heterocycles. The molecule has 158 valence electrons. The van der Waals surface area contributed by atoms with Crippen LogP contribution in [0.3, 0.4) is 0 Å². The second kappa shape index (κ2) is 8.11. The van der Waals surface area contributed by atoms with Gasteiger partial charge in [0.15, 0.2) is 5.82 Å². The van der Waals surface area contributed by atoms with Crippen LogP contribution in [0.2, 0.25) is 0 Å². The molecule has 1 aliphatic rings. The number of fused-ring (bicyclic) bond motifs is 1. The van der Waals surface area contributed by atoms with Gasteiger partial charge in [0.25, 0.3) is 11.1 Å². The monoisotopic (exact) mass is 439 g/mol. The number of hydrogen-bond donors (Lipinski definition) is 0. The third-order valence-corrected chi connectivity index (χ3v) is 6.30. The molecule has 4 aromatic rings. The van der Waals surface area contributed by atoms with Crippen LogP contribution in [0, 0.1) is 11.6 Å². The largest absolute Gasteiger partial charge is 0.467 e. The van der Waals surface area contributed by atoms with E-state index in [9.17, 15) is 13.6 Å². The Balaban J connectivity index is 1.20. The molecule has 2 aromatic heterocycles. The molecule has 1 amide bonds. The highest BCUT2D eigenvalue weighted by Crippen LogP contribution is 2.32. The number of piperidine rings is 1. The Morgan fingerprint density at radius 3 is 2.48 bits per heavy atom. The molecule has 0 saturated carbocycles. The number of ether oxygens (including phenoxy) is 1. The number of carbonyl (C=O) groups excluding carboxylic acids is 1. The van der Waals surface area contributed by atoms with Gasteiger partial charge in [-0.1, -0.05) is 11.3 Å². The van der Waals surface area contributed by atoms with E-state index in [0.717, 1.165) is 23.1 Å². The molecule has 0 bridgehead atoms. The van der Waals surface area contributed by atoms with Crippen molar-refractivity contribution in [1.82, 2.24) is 14.5 Å². The van der Waals surface area contributed by atoms with Crippen LogP contribution in [0.5, 0.6) is 5.19 Å². The summed E-state index contributed by atoms with van der Waals surface area (Å²) in [5.74, 6) is -1.33. The van der Waals surface area contributed by atoms with Crippen LogP contribution in [0.25, 0.3) is 15.9 Å². The molecule has 0 aliphatic carbocycles. The summed E-state index contributed by atoms with van der Waals surface area (Å²) in [6.45, 7) is 1.13. The van der Waals surface area contributed by atoms with E-state index in [2.05, 4.69) is 4.98 Å². The predicted molar refractivity (Wildman–Crippen MR) is 115 cm³/mol. The van der Waals surface area contributed by atoms with Crippen LogP contribution < -0.4 is 4.74 Å². The van der Waals surface area contributed by atoms with Gasteiger partial charge in [0.05, 0.1) is 4.70 Å². The summed E-state index contributed by atoms with van der Waals surface area (Å²) in [7, 11) is 0. The van der Waals surface area contributed by atoms with Crippen molar-refractivity contribution < 1.29 is 18.3 Å². The fourth-order valence-electron chi connectivity index (χ4n) is 3.77. The second-order valence-electron chi connectivity index (χ2n) is 7.46. The molecule has 31 heavy (non-hydrogen) atoms. The second-order valence-corrected chi connectivity index (χ2v) is 8.45. The van der Waals surface area contributed by atoms with Gasteiger partial charge in [-0.3, -0.25) is 4.79 Å². The van der Waals surface area contributed by atoms with E-state index in [1.807, 2.05) is 58.3 Å². The normalized spacial score (nSPS) is 14.8. The standard InChI is InChI=1S/C23H19F2N3O2S/c24-16-13-19(25)21-20(14-16)31-23(26-21)30-18-7-11-28(12-8-18)22(29)15-3-5-17(6-4-15)27-9-1-2-10-27/h1-6,9-10,13-14,18H,7-8,11-12H2. The lowest BCUT2D eigenvalue weighted by Gasteiger charge is -2.31. The van der Waals surface area contributed by atoms with Crippen LogP contribution in [0.1, 0.15) is 23.2 Å². The molecule has 1 aliphatic heterocycles. The highest BCUT2D eigenvalue weighted by Gasteiger charge is 2.26. The van der Waals surface area contributed by atoms with E-state index in [1.54, 1.807) is 0 Å². The Morgan fingerprint density at radius 1 is 1.06 bits per heavy atom. The molecule has 5 nitrogen and oxygen atoms in total. The van der Waals surface area contributed by atoms with E-state index >= 15 is 0 Å². The topological polar surface area (TPSA) is 47.4 Å². The van der Waals surface area contributed by atoms with Crippen molar-refractivity contribution in [2.45, 2.75) is 18.9 Å². The van der Waals surface area contributed by atoms with Crippen molar-refractivity contribution in [1.29, 1.82) is 0 Å². The van der Waals surface area contributed by atoms with Crippen molar-refractivity contribution in [2.75, 3.05) is 13.1 Å². The number of aromatic nitrogens is 2. The minimum Gasteiger partial charge on any atom is -0.467 e. The number of rotatable bonds is 4. The Kier molecular flexibility index (Phi) is 5.15. The first kappa shape index (κ1) is 19.7. The van der Waals surface area contributed by atoms with Crippen molar-refractivity contribution >= 4 is 27.5 Å². The molecule has 0 unspecified atom stereocenters. The number of hydrogen-bond acceptors (Lipinski definition) is 4. The lowest BCUT2D eigenvalue weighted by Crippen LogP contribution is -2.41. The maximum atomic E-state index is 13.8. The molecule has 1 fully saturated rings. The summed E-state index contributed by atoms with van der Waals surface area (Å²) in [6.07, 6.45) is 5.10. The van der Waals surface area contributed by atoms with E-state index < -0.39 is 11.6 Å². The summed E-state index contributed by atoms with van der Waals surface area (Å²) in [6, 6.07) is 13.5. The van der Waals surface area contributed by atoms with E-state index in [0.29, 0.717) is 41.4 Å². The average Bonchev–Trinajstić information content (AvgIpc) is 3.44. The summed E-state index contributed by atoms with van der Waals surface area (Å²) in [5, 5.41) is 0.324. The Bertz CT molecular complexity index is 1210. The molecular formula is C23H19F2N3O2S. The third-order valence-electron chi connectivity index (χ3n) is 5.41. The number of nitrogens with zero attached hydrogens (tertiary/aromatic N) is 3. The molecule has 0 spiro atoms. The van der Waals surface area contributed by atoms with Crippen molar-refractivity contribution in [2.24, 2.45) is 0 Å². The maximum absolute atomic E-state index is 13.8. The molecule has 0 radical (unpaired) electrons. The first-order chi connectivity index (χ1) is 15.1. The highest BCUT2D eigenvalue weighted by atomic mass is 32.1. The smallest absolute Gasteiger partial charge is 0.274 e. The predicted octanol–water partition coefficient (Wildman–Crippen LogP) is 5.05. The van der Waals surface area contributed by atoms with Crippen molar-refractivity contribution in [3.63, 3.8) is 0 Å². The lowest BCUT2D eigenvalue weighted by atomic mass is 10.1. The minimum absolute atomic E-state index is 0.00459. The van der Waals surface area contributed by atoms with E-state index in [1.165, 1.54) is 6.07 Å². The highest BCUT2D eigenvalue weighted by molar-refractivity contribution is 7.20. The number of amides is 1. The van der Waals surface area contributed by atoms with Crippen molar-refractivity contribution in [3.05, 3.63) is 78.1 Å². The van der Waals surface area contributed by atoms with Crippen LogP contribution >= 0.6 is 11.3 Å². The first-order valence-electron chi connectivity index (χ1n) is 10.0. The Labute approximate surface area is 181 Å². The minimum atomic E-state index is -0.690. The number of likely N-dealkylation sites (tertiary alicyclic amines) is 1. The van der Waals surface area contributed by atoms with Crippen molar-refractivity contribution in [3.8, 4) is 10.9 Å². The number of thiazole rings is 1. The van der Waals surface area contributed by atoms with Gasteiger partial charge in [0.2, 0.25) is 0 Å². The molecular weight excluding hydrogens is 420 g/mol. The zero-order valence-corrected chi connectivity index (χ0v) is 17.3. The van der Waals surface area contributed by atoms with Crippen LogP contribution in [0.4, 0.5) is 8.78 Å². The van der Waals surface area contributed by atoms with E-state index in [-0.39, 0.29) is 17.5 Å². The van der Waals surface area contributed by atoms with Gasteiger partial charge >= 0.3 is 0 Å². The zero-order valence-electron chi connectivity index (χ0n) is 16.5. The number of halogens is 2. The quantitative estimate of drug-likeness (QED) is 0.447. The van der Waals surface area contributed by atoms with Gasteiger partial charge in [-0.15, -0.1) is 0 Å². The number of benzene rings is 2. The van der Waals surface area contributed by atoms with Gasteiger partial charge in [-0.05, 0) is 42.5 Å². The zero-order chi connectivity index (χ0) is 21.4. The maximum Gasteiger partial charge on any atom is 0.274 e. The summed E-state index contributed by atoms with van der Waals surface area (Å²) < 4.78 is 35.5. The molecule has 3 heterocycles. The third kappa shape index (κ3) is 4.03. The molecule has 5 rings (SSSR count). The fourth-order valence-corrected chi connectivity index (χ4v) is 4.69. The first-order valence-corrected chi connectivity index (χ1v) is 10.8. The van der Waals surface area contributed by atoms with Gasteiger partial charge in [0.1, 0.15) is 17.4 Å². The van der Waals surface area contributed by atoms with Gasteiger partial charge in [0, 0.05) is 55.6 Å². The average molecular weight is 439 g/mol. The Morgan fingerprint density at radius 2 is 1.77 bits per heavy atom. The summed E-state index contributed by atoms with van der Waals surface area (Å²) >= 11 is 1.13. The van der Waals surface area contributed by atoms with Gasteiger partial charge in [-0.2, -0.15) is 4.98 Å². The van der Waals surface area contributed by atoms with Crippen LogP contribution in [-0.2, 0) is 0 Å². The summed E-state index contributed by atoms with van der Waals surface area (Å²) in [4.78, 5) is 18.8. The molecule has 2 aromatic carbocycles. The summed E-state index contributed by atoms with van der Waals surface area (Å²) in [5.41, 5.74) is 1.78. The van der Waals surface area contributed by atoms with Crippen LogP contribution in [-0.4, -0.2) is 39.6 Å². The molecule has 8 heteroatoms. The molecule has 0 N–H and O–H groups in total. The molecule has 0 atom stereocenters. The van der Waals surface area contributed by atoms with Gasteiger partial charge in [-0.25, -0.2) is 8.78 Å². The Hall–Kier alpha value is -3.26.